The molecule has 3 aromatic rings. The number of amides is 1. The number of benzene rings is 2. The maximum atomic E-state index is 12.3. The third-order valence-electron chi connectivity index (χ3n) is 5.25. The summed E-state index contributed by atoms with van der Waals surface area (Å²) in [5, 5.41) is 23.4. The number of carbonyl (C=O) groups is 1. The number of nitrogens with zero attached hydrogens (tertiary/aromatic N) is 5. The topological polar surface area (TPSA) is 105 Å². The quantitative estimate of drug-likeness (QED) is 0.243. The molecule has 0 aliphatic carbocycles. The first-order valence-corrected chi connectivity index (χ1v) is 12.1. The molecule has 0 fully saturated rings. The molecule has 9 nitrogen and oxygen atoms in total. The molecule has 2 N–H and O–H groups in total. The minimum atomic E-state index is -0.280. The van der Waals surface area contributed by atoms with Crippen molar-refractivity contribution in [3.63, 3.8) is 0 Å². The number of methoxy groups -OCH3 is 1. The van der Waals surface area contributed by atoms with E-state index in [0.717, 1.165) is 35.9 Å². The van der Waals surface area contributed by atoms with E-state index in [4.69, 9.17) is 4.74 Å². The Morgan fingerprint density at radius 3 is 2.53 bits per heavy atom. The zero-order valence-electron chi connectivity index (χ0n) is 19.9. The fraction of sp³-hybridized carbons (Fsp3) is 0.333. The summed E-state index contributed by atoms with van der Waals surface area (Å²) >= 11 is 1.29. The Hall–Kier alpha value is -3.53. The van der Waals surface area contributed by atoms with Crippen molar-refractivity contribution in [1.29, 1.82) is 0 Å². The molecule has 0 radical (unpaired) electrons. The van der Waals surface area contributed by atoms with E-state index in [1.54, 1.807) is 19.2 Å². The van der Waals surface area contributed by atoms with Crippen molar-refractivity contribution in [1.82, 2.24) is 20.2 Å². The highest BCUT2D eigenvalue weighted by atomic mass is 32.2. The van der Waals surface area contributed by atoms with Crippen molar-refractivity contribution in [3.05, 3.63) is 48.0 Å². The van der Waals surface area contributed by atoms with Crippen LogP contribution in [0.3, 0.4) is 0 Å². The number of phenols is 1. The third-order valence-corrected chi connectivity index (χ3v) is 6.22. The van der Waals surface area contributed by atoms with Crippen molar-refractivity contribution in [3.8, 4) is 22.9 Å². The Balaban J connectivity index is 1.58. The highest BCUT2D eigenvalue weighted by molar-refractivity contribution is 7.99. The van der Waals surface area contributed by atoms with Crippen LogP contribution in [-0.2, 0) is 11.3 Å². The monoisotopic (exact) mass is 482 g/mol. The van der Waals surface area contributed by atoms with Gasteiger partial charge in [-0.15, -0.1) is 10.2 Å². The van der Waals surface area contributed by atoms with Gasteiger partial charge in [0, 0.05) is 42.5 Å². The number of aromatic nitrogens is 3. The van der Waals surface area contributed by atoms with Gasteiger partial charge < -0.3 is 19.3 Å². The van der Waals surface area contributed by atoms with Crippen molar-refractivity contribution in [2.24, 2.45) is 5.10 Å². The fourth-order valence-corrected chi connectivity index (χ4v) is 4.19. The second-order valence-corrected chi connectivity index (χ2v) is 8.22. The van der Waals surface area contributed by atoms with E-state index in [-0.39, 0.29) is 17.4 Å². The summed E-state index contributed by atoms with van der Waals surface area (Å²) in [5.41, 5.74) is 4.88. The molecule has 34 heavy (non-hydrogen) atoms. The summed E-state index contributed by atoms with van der Waals surface area (Å²) in [7, 11) is 1.62. The smallest absolute Gasteiger partial charge is 0.250 e. The molecular formula is C24H30N6O3S. The van der Waals surface area contributed by atoms with Crippen LogP contribution >= 0.6 is 11.8 Å². The summed E-state index contributed by atoms with van der Waals surface area (Å²) < 4.78 is 7.16. The highest BCUT2D eigenvalue weighted by Gasteiger charge is 2.14. The molecule has 1 aromatic heterocycles. The van der Waals surface area contributed by atoms with Crippen LogP contribution in [0.25, 0.3) is 11.4 Å². The van der Waals surface area contributed by atoms with Crippen molar-refractivity contribution < 1.29 is 14.6 Å². The average molecular weight is 483 g/mol. The van der Waals surface area contributed by atoms with Gasteiger partial charge in [-0.05, 0) is 57.2 Å². The maximum absolute atomic E-state index is 12.3. The Morgan fingerprint density at radius 2 is 1.91 bits per heavy atom. The van der Waals surface area contributed by atoms with Crippen molar-refractivity contribution >= 4 is 29.6 Å². The van der Waals surface area contributed by atoms with E-state index >= 15 is 0 Å². The number of phenolic OH excluding ortho intramolecular Hbond substituents is 1. The summed E-state index contributed by atoms with van der Waals surface area (Å²) in [5.74, 6) is 1.46. The molecule has 0 aliphatic rings. The van der Waals surface area contributed by atoms with Gasteiger partial charge in [0.1, 0.15) is 11.5 Å². The van der Waals surface area contributed by atoms with Crippen LogP contribution < -0.4 is 15.1 Å². The van der Waals surface area contributed by atoms with Gasteiger partial charge in [-0.3, -0.25) is 4.79 Å². The molecule has 0 atom stereocenters. The standard InChI is InChI=1S/C24H30N6O3S/c1-5-29(6-2)19-11-8-18(21(31)14-19)15-25-26-22(32)16-34-24-28-27-23(30(24)7-3)17-9-12-20(33-4)13-10-17/h8-15,31H,5-7,16H2,1-4H3,(H,26,32)/b25-15-. The molecular weight excluding hydrogens is 452 g/mol. The van der Waals surface area contributed by atoms with Gasteiger partial charge in [0.2, 0.25) is 0 Å². The highest BCUT2D eigenvalue weighted by Crippen LogP contribution is 2.26. The molecule has 3 rings (SSSR count). The molecule has 0 saturated heterocycles. The molecule has 0 bridgehead atoms. The van der Waals surface area contributed by atoms with Crippen molar-refractivity contribution in [2.75, 3.05) is 30.9 Å². The Bertz CT molecular complexity index is 1130. The van der Waals surface area contributed by atoms with Crippen LogP contribution in [0.4, 0.5) is 5.69 Å². The van der Waals surface area contributed by atoms with E-state index in [9.17, 15) is 9.90 Å². The first-order valence-electron chi connectivity index (χ1n) is 11.1. The van der Waals surface area contributed by atoms with E-state index in [0.29, 0.717) is 17.3 Å². The van der Waals surface area contributed by atoms with E-state index in [1.165, 1.54) is 18.0 Å². The number of aromatic hydroxyl groups is 1. The zero-order valence-corrected chi connectivity index (χ0v) is 20.7. The minimum Gasteiger partial charge on any atom is -0.507 e. The zero-order chi connectivity index (χ0) is 24.5. The van der Waals surface area contributed by atoms with Crippen LogP contribution in [0.5, 0.6) is 11.5 Å². The van der Waals surface area contributed by atoms with Gasteiger partial charge in [-0.2, -0.15) is 5.10 Å². The molecule has 0 saturated carbocycles. The lowest BCUT2D eigenvalue weighted by atomic mass is 10.2. The molecule has 10 heteroatoms. The minimum absolute atomic E-state index is 0.110. The predicted molar refractivity (Wildman–Crippen MR) is 136 cm³/mol. The second-order valence-electron chi connectivity index (χ2n) is 7.28. The molecule has 0 aliphatic heterocycles. The summed E-state index contributed by atoms with van der Waals surface area (Å²) in [6.45, 7) is 8.50. The number of hydrazone groups is 1. The lowest BCUT2D eigenvalue weighted by Gasteiger charge is -2.21. The summed E-state index contributed by atoms with van der Waals surface area (Å²) in [4.78, 5) is 14.4. The van der Waals surface area contributed by atoms with Gasteiger partial charge >= 0.3 is 0 Å². The van der Waals surface area contributed by atoms with Crippen LogP contribution in [-0.4, -0.2) is 57.9 Å². The Kier molecular flexibility index (Phi) is 8.92. The van der Waals surface area contributed by atoms with Crippen LogP contribution in [0.1, 0.15) is 26.3 Å². The third kappa shape index (κ3) is 6.07. The summed E-state index contributed by atoms with van der Waals surface area (Å²) in [6.07, 6.45) is 1.43. The summed E-state index contributed by atoms with van der Waals surface area (Å²) in [6, 6.07) is 13.0. The number of hydrogen-bond acceptors (Lipinski definition) is 8. The molecule has 1 amide bonds. The maximum Gasteiger partial charge on any atom is 0.250 e. The van der Waals surface area contributed by atoms with Gasteiger partial charge in [-0.1, -0.05) is 11.8 Å². The van der Waals surface area contributed by atoms with Gasteiger partial charge in [-0.25, -0.2) is 5.43 Å². The van der Waals surface area contributed by atoms with Crippen LogP contribution in [0.2, 0.25) is 0 Å². The first-order chi connectivity index (χ1) is 16.5. The number of anilines is 1. The molecule has 2 aromatic carbocycles. The molecule has 180 valence electrons. The number of nitrogens with one attached hydrogen (secondary N) is 1. The van der Waals surface area contributed by atoms with Crippen LogP contribution in [0, 0.1) is 0 Å². The average Bonchev–Trinajstić information content (AvgIpc) is 3.27. The molecule has 0 unspecified atom stereocenters. The molecule has 1 heterocycles. The van der Waals surface area contributed by atoms with Gasteiger partial charge in [0.05, 0.1) is 19.1 Å². The Morgan fingerprint density at radius 1 is 1.18 bits per heavy atom. The fourth-order valence-electron chi connectivity index (χ4n) is 3.40. The number of rotatable bonds is 11. The normalized spacial score (nSPS) is 11.1. The lowest BCUT2D eigenvalue weighted by Crippen LogP contribution is -2.21. The number of hydrogen-bond donors (Lipinski definition) is 2. The molecule has 0 spiro atoms. The number of ether oxygens (including phenoxy) is 1. The number of thioether (sulfide) groups is 1. The Labute approximate surface area is 203 Å². The number of carbonyl (C=O) groups excluding carboxylic acids is 1. The van der Waals surface area contributed by atoms with Crippen molar-refractivity contribution in [2.45, 2.75) is 32.5 Å². The van der Waals surface area contributed by atoms with E-state index < -0.39 is 0 Å². The van der Waals surface area contributed by atoms with E-state index in [2.05, 4.69) is 39.5 Å². The van der Waals surface area contributed by atoms with Gasteiger partial charge in [0.15, 0.2) is 11.0 Å². The first kappa shape index (κ1) is 25.1. The predicted octanol–water partition coefficient (Wildman–Crippen LogP) is 3.77. The van der Waals surface area contributed by atoms with E-state index in [1.807, 2.05) is 41.8 Å². The second kappa shape index (κ2) is 12.1. The van der Waals surface area contributed by atoms with Crippen LogP contribution in [0.15, 0.2) is 52.7 Å². The van der Waals surface area contributed by atoms with Gasteiger partial charge in [0.25, 0.3) is 5.91 Å². The SMILES string of the molecule is CCN(CC)c1ccc(/C=N\NC(=O)CSc2nnc(-c3ccc(OC)cc3)n2CC)c(O)c1. The largest absolute Gasteiger partial charge is 0.507 e. The lowest BCUT2D eigenvalue weighted by molar-refractivity contribution is -0.118.